The molecule has 0 bridgehead atoms. The van der Waals surface area contributed by atoms with Gasteiger partial charge in [0.1, 0.15) is 12.2 Å². The SMILES string of the molecule is CC(C)n1ncnc1CC(N)C1CCCCCC1. The molecule has 0 amide bonds. The van der Waals surface area contributed by atoms with E-state index in [2.05, 4.69) is 23.9 Å². The molecule has 1 aliphatic carbocycles. The molecule has 1 heterocycles. The molecule has 4 heteroatoms. The number of hydrogen-bond acceptors (Lipinski definition) is 3. The molecule has 1 aliphatic rings. The van der Waals surface area contributed by atoms with Crippen molar-refractivity contribution in [2.45, 2.75) is 70.9 Å². The Morgan fingerprint density at radius 2 is 1.94 bits per heavy atom. The molecule has 1 saturated carbocycles. The second-order valence-electron chi connectivity index (χ2n) is 5.83. The van der Waals surface area contributed by atoms with Crippen LogP contribution in [0.3, 0.4) is 0 Å². The molecule has 0 saturated heterocycles. The fourth-order valence-electron chi connectivity index (χ4n) is 2.97. The van der Waals surface area contributed by atoms with Crippen molar-refractivity contribution in [3.63, 3.8) is 0 Å². The zero-order chi connectivity index (χ0) is 13.0. The van der Waals surface area contributed by atoms with E-state index < -0.39 is 0 Å². The van der Waals surface area contributed by atoms with Crippen LogP contribution in [0.15, 0.2) is 6.33 Å². The third kappa shape index (κ3) is 3.31. The summed E-state index contributed by atoms with van der Waals surface area (Å²) in [6.07, 6.45) is 10.5. The van der Waals surface area contributed by atoms with Crippen LogP contribution in [0.4, 0.5) is 0 Å². The van der Waals surface area contributed by atoms with Gasteiger partial charge in [-0.3, -0.25) is 0 Å². The number of hydrogen-bond donors (Lipinski definition) is 1. The monoisotopic (exact) mass is 250 g/mol. The van der Waals surface area contributed by atoms with Crippen LogP contribution in [0.5, 0.6) is 0 Å². The van der Waals surface area contributed by atoms with Crippen LogP contribution in [0.2, 0.25) is 0 Å². The molecule has 2 rings (SSSR count). The highest BCUT2D eigenvalue weighted by molar-refractivity contribution is 4.92. The Balaban J connectivity index is 1.97. The Labute approximate surface area is 110 Å². The Morgan fingerprint density at radius 3 is 2.56 bits per heavy atom. The third-order valence-electron chi connectivity index (χ3n) is 4.06. The number of aromatic nitrogens is 3. The normalized spacial score (nSPS) is 20.0. The summed E-state index contributed by atoms with van der Waals surface area (Å²) in [5.41, 5.74) is 6.40. The molecule has 1 unspecified atom stereocenters. The second kappa shape index (κ2) is 6.32. The summed E-state index contributed by atoms with van der Waals surface area (Å²) in [6.45, 7) is 4.27. The van der Waals surface area contributed by atoms with E-state index in [1.165, 1.54) is 38.5 Å². The predicted octanol–water partition coefficient (Wildman–Crippen LogP) is 2.70. The first-order chi connectivity index (χ1) is 8.68. The fraction of sp³-hybridized carbons (Fsp3) is 0.857. The first-order valence-electron chi connectivity index (χ1n) is 7.32. The summed E-state index contributed by atoms with van der Waals surface area (Å²) in [6, 6.07) is 0.605. The van der Waals surface area contributed by atoms with Crippen LogP contribution >= 0.6 is 0 Å². The minimum atomic E-state index is 0.241. The maximum absolute atomic E-state index is 6.40. The van der Waals surface area contributed by atoms with Gasteiger partial charge < -0.3 is 5.73 Å². The molecule has 102 valence electrons. The molecule has 0 spiro atoms. The van der Waals surface area contributed by atoms with Gasteiger partial charge in [-0.05, 0) is 32.6 Å². The number of nitrogens with zero attached hydrogens (tertiary/aromatic N) is 3. The van der Waals surface area contributed by atoms with Crippen molar-refractivity contribution in [2.75, 3.05) is 0 Å². The van der Waals surface area contributed by atoms with Gasteiger partial charge in [0.25, 0.3) is 0 Å². The van der Waals surface area contributed by atoms with Crippen LogP contribution < -0.4 is 5.73 Å². The third-order valence-corrected chi connectivity index (χ3v) is 4.06. The smallest absolute Gasteiger partial charge is 0.138 e. The fourth-order valence-corrected chi connectivity index (χ4v) is 2.97. The van der Waals surface area contributed by atoms with Crippen molar-refractivity contribution in [3.05, 3.63) is 12.2 Å². The zero-order valence-electron chi connectivity index (χ0n) is 11.7. The summed E-state index contributed by atoms with van der Waals surface area (Å²) in [4.78, 5) is 4.37. The maximum atomic E-state index is 6.40. The lowest BCUT2D eigenvalue weighted by molar-refractivity contribution is 0.360. The molecule has 4 nitrogen and oxygen atoms in total. The van der Waals surface area contributed by atoms with Gasteiger partial charge >= 0.3 is 0 Å². The topological polar surface area (TPSA) is 56.7 Å². The Hall–Kier alpha value is -0.900. The maximum Gasteiger partial charge on any atom is 0.138 e. The van der Waals surface area contributed by atoms with Crippen molar-refractivity contribution in [1.29, 1.82) is 0 Å². The van der Waals surface area contributed by atoms with E-state index in [0.717, 1.165) is 12.2 Å². The quantitative estimate of drug-likeness (QED) is 0.836. The van der Waals surface area contributed by atoms with Crippen molar-refractivity contribution in [3.8, 4) is 0 Å². The summed E-state index contributed by atoms with van der Waals surface area (Å²) in [7, 11) is 0. The van der Waals surface area contributed by atoms with Crippen molar-refractivity contribution >= 4 is 0 Å². The second-order valence-corrected chi connectivity index (χ2v) is 5.83. The zero-order valence-corrected chi connectivity index (χ0v) is 11.7. The lowest BCUT2D eigenvalue weighted by Gasteiger charge is -2.22. The molecule has 1 atom stereocenters. The largest absolute Gasteiger partial charge is 0.327 e. The first kappa shape index (κ1) is 13.5. The molecule has 1 fully saturated rings. The number of nitrogens with two attached hydrogens (primary N) is 1. The van der Waals surface area contributed by atoms with Gasteiger partial charge in [0, 0.05) is 18.5 Å². The predicted molar refractivity (Wildman–Crippen MR) is 73.3 cm³/mol. The molecule has 0 radical (unpaired) electrons. The van der Waals surface area contributed by atoms with Crippen LogP contribution in [0.25, 0.3) is 0 Å². The van der Waals surface area contributed by atoms with E-state index in [0.29, 0.717) is 12.0 Å². The van der Waals surface area contributed by atoms with Gasteiger partial charge in [-0.1, -0.05) is 25.7 Å². The average molecular weight is 250 g/mol. The average Bonchev–Trinajstić information content (AvgIpc) is 2.63. The van der Waals surface area contributed by atoms with Gasteiger partial charge in [-0.15, -0.1) is 0 Å². The van der Waals surface area contributed by atoms with E-state index in [1.54, 1.807) is 6.33 Å². The van der Waals surface area contributed by atoms with Crippen LogP contribution in [-0.2, 0) is 6.42 Å². The Kier molecular flexibility index (Phi) is 4.75. The molecule has 1 aromatic heterocycles. The minimum absolute atomic E-state index is 0.241. The van der Waals surface area contributed by atoms with Gasteiger partial charge in [0.15, 0.2) is 0 Å². The van der Waals surface area contributed by atoms with Crippen LogP contribution in [0, 0.1) is 5.92 Å². The highest BCUT2D eigenvalue weighted by Gasteiger charge is 2.21. The van der Waals surface area contributed by atoms with Gasteiger partial charge in [-0.2, -0.15) is 5.10 Å². The van der Waals surface area contributed by atoms with E-state index in [-0.39, 0.29) is 6.04 Å². The summed E-state index contributed by atoms with van der Waals surface area (Å²) in [5.74, 6) is 1.71. The molecule has 2 N–H and O–H groups in total. The van der Waals surface area contributed by atoms with Crippen LogP contribution in [-0.4, -0.2) is 20.8 Å². The van der Waals surface area contributed by atoms with Gasteiger partial charge in [-0.25, -0.2) is 9.67 Å². The summed E-state index contributed by atoms with van der Waals surface area (Å²) >= 11 is 0. The summed E-state index contributed by atoms with van der Waals surface area (Å²) in [5, 5.41) is 4.28. The van der Waals surface area contributed by atoms with Crippen molar-refractivity contribution < 1.29 is 0 Å². The van der Waals surface area contributed by atoms with E-state index in [4.69, 9.17) is 5.73 Å². The Bertz CT molecular complexity index is 350. The molecular formula is C14H26N4. The highest BCUT2D eigenvalue weighted by atomic mass is 15.3. The summed E-state index contributed by atoms with van der Waals surface area (Å²) < 4.78 is 2.00. The van der Waals surface area contributed by atoms with E-state index >= 15 is 0 Å². The molecule has 0 aliphatic heterocycles. The molecule has 18 heavy (non-hydrogen) atoms. The van der Waals surface area contributed by atoms with E-state index in [1.807, 2.05) is 4.68 Å². The lowest BCUT2D eigenvalue weighted by Crippen LogP contribution is -2.33. The van der Waals surface area contributed by atoms with Gasteiger partial charge in [0.05, 0.1) is 0 Å². The molecule has 0 aromatic carbocycles. The first-order valence-corrected chi connectivity index (χ1v) is 7.32. The van der Waals surface area contributed by atoms with Crippen molar-refractivity contribution in [1.82, 2.24) is 14.8 Å². The van der Waals surface area contributed by atoms with E-state index in [9.17, 15) is 0 Å². The minimum Gasteiger partial charge on any atom is -0.327 e. The molecular weight excluding hydrogens is 224 g/mol. The van der Waals surface area contributed by atoms with Crippen molar-refractivity contribution in [2.24, 2.45) is 11.7 Å². The number of rotatable bonds is 4. The van der Waals surface area contributed by atoms with Gasteiger partial charge in [0.2, 0.25) is 0 Å². The standard InChI is InChI=1S/C14H26N4/c1-11(2)18-14(16-10-17-18)9-13(15)12-7-5-3-4-6-8-12/h10-13H,3-9,15H2,1-2H3. The van der Waals surface area contributed by atoms with Crippen LogP contribution in [0.1, 0.15) is 64.2 Å². The lowest BCUT2D eigenvalue weighted by atomic mass is 9.90. The highest BCUT2D eigenvalue weighted by Crippen LogP contribution is 2.26. The molecule has 1 aromatic rings. The Morgan fingerprint density at radius 1 is 1.28 bits per heavy atom.